The summed E-state index contributed by atoms with van der Waals surface area (Å²) in [5.74, 6) is -0.368. The first-order valence-corrected chi connectivity index (χ1v) is 8.63. The standard InChI is InChI=1S/C13H18ClNO4S/c1-3-15(9-10-19-4-2)13(16)11-7-5-6-8-12(11)20(14,17)18/h5-8H,3-4,9-10H2,1-2H3. The van der Waals surface area contributed by atoms with Crippen LogP contribution in [0.5, 0.6) is 0 Å². The number of carbonyl (C=O) groups is 1. The van der Waals surface area contributed by atoms with Gasteiger partial charge in [0.2, 0.25) is 0 Å². The fourth-order valence-corrected chi connectivity index (χ4v) is 2.81. The Hall–Kier alpha value is -1.11. The molecule has 0 aliphatic rings. The van der Waals surface area contributed by atoms with E-state index in [0.717, 1.165) is 0 Å². The predicted molar refractivity (Wildman–Crippen MR) is 77.6 cm³/mol. The molecule has 112 valence electrons. The van der Waals surface area contributed by atoms with E-state index in [9.17, 15) is 13.2 Å². The summed E-state index contributed by atoms with van der Waals surface area (Å²) in [7, 11) is 1.41. The molecule has 0 N–H and O–H groups in total. The molecule has 1 amide bonds. The minimum absolute atomic E-state index is 0.0841. The van der Waals surface area contributed by atoms with Crippen molar-refractivity contribution < 1.29 is 17.9 Å². The molecule has 0 bridgehead atoms. The summed E-state index contributed by atoms with van der Waals surface area (Å²) in [4.78, 5) is 13.7. The van der Waals surface area contributed by atoms with Crippen molar-refractivity contribution in [3.63, 3.8) is 0 Å². The molecule has 0 aliphatic carbocycles. The van der Waals surface area contributed by atoms with E-state index in [1.165, 1.54) is 23.1 Å². The van der Waals surface area contributed by atoms with Gasteiger partial charge in [-0.15, -0.1) is 0 Å². The Balaban J connectivity index is 3.01. The molecule has 0 fully saturated rings. The van der Waals surface area contributed by atoms with E-state index in [1.807, 2.05) is 13.8 Å². The lowest BCUT2D eigenvalue weighted by Crippen LogP contribution is -2.34. The van der Waals surface area contributed by atoms with Gasteiger partial charge < -0.3 is 9.64 Å². The van der Waals surface area contributed by atoms with E-state index in [1.54, 1.807) is 6.07 Å². The number of benzene rings is 1. The van der Waals surface area contributed by atoms with Gasteiger partial charge in [0.05, 0.1) is 17.1 Å². The molecule has 0 atom stereocenters. The SMILES string of the molecule is CCOCCN(CC)C(=O)c1ccccc1S(=O)(=O)Cl. The second kappa shape index (κ2) is 7.61. The number of hydrogen-bond acceptors (Lipinski definition) is 4. The first kappa shape index (κ1) is 16.9. The highest BCUT2D eigenvalue weighted by Gasteiger charge is 2.23. The lowest BCUT2D eigenvalue weighted by molar-refractivity contribution is 0.0665. The molecule has 0 saturated carbocycles. The molecule has 0 spiro atoms. The highest BCUT2D eigenvalue weighted by Crippen LogP contribution is 2.21. The molecule has 20 heavy (non-hydrogen) atoms. The number of ether oxygens (including phenoxy) is 1. The van der Waals surface area contributed by atoms with Gasteiger partial charge in [-0.05, 0) is 26.0 Å². The minimum Gasteiger partial charge on any atom is -0.380 e. The van der Waals surface area contributed by atoms with Crippen molar-refractivity contribution in [2.24, 2.45) is 0 Å². The van der Waals surface area contributed by atoms with Crippen molar-refractivity contribution in [3.05, 3.63) is 29.8 Å². The third kappa shape index (κ3) is 4.47. The maximum absolute atomic E-state index is 12.4. The Morgan fingerprint density at radius 2 is 1.95 bits per heavy atom. The van der Waals surface area contributed by atoms with Gasteiger partial charge in [0.25, 0.3) is 15.0 Å². The minimum atomic E-state index is -3.95. The number of carbonyl (C=O) groups excluding carboxylic acids is 1. The fourth-order valence-electron chi connectivity index (χ4n) is 1.75. The van der Waals surface area contributed by atoms with Crippen LogP contribution in [0.3, 0.4) is 0 Å². The van der Waals surface area contributed by atoms with Gasteiger partial charge in [-0.2, -0.15) is 0 Å². The number of rotatable bonds is 7. The van der Waals surface area contributed by atoms with Crippen molar-refractivity contribution in [1.82, 2.24) is 4.90 Å². The van der Waals surface area contributed by atoms with Gasteiger partial charge in [0.15, 0.2) is 0 Å². The smallest absolute Gasteiger partial charge is 0.262 e. The zero-order chi connectivity index (χ0) is 15.2. The topological polar surface area (TPSA) is 63.7 Å². The molecule has 1 aromatic rings. The molecular formula is C13H18ClNO4S. The summed E-state index contributed by atoms with van der Waals surface area (Å²) < 4.78 is 28.2. The molecule has 0 aliphatic heterocycles. The number of likely N-dealkylation sites (N-methyl/N-ethyl adjacent to an activating group) is 1. The Labute approximate surface area is 123 Å². The molecule has 0 radical (unpaired) electrons. The maximum atomic E-state index is 12.4. The van der Waals surface area contributed by atoms with Crippen LogP contribution < -0.4 is 0 Å². The van der Waals surface area contributed by atoms with Crippen molar-refractivity contribution in [2.75, 3.05) is 26.3 Å². The summed E-state index contributed by atoms with van der Waals surface area (Å²) in [6.45, 7) is 5.53. The number of hydrogen-bond donors (Lipinski definition) is 0. The van der Waals surface area contributed by atoms with Gasteiger partial charge in [-0.1, -0.05) is 12.1 Å². The first-order valence-electron chi connectivity index (χ1n) is 6.32. The van der Waals surface area contributed by atoms with Gasteiger partial charge >= 0.3 is 0 Å². The van der Waals surface area contributed by atoms with Gasteiger partial charge in [0, 0.05) is 30.4 Å². The van der Waals surface area contributed by atoms with Crippen molar-refractivity contribution in [3.8, 4) is 0 Å². The monoisotopic (exact) mass is 319 g/mol. The molecule has 1 rings (SSSR count). The van der Waals surface area contributed by atoms with Crippen molar-refractivity contribution >= 4 is 25.6 Å². The normalized spacial score (nSPS) is 11.3. The Bertz CT molecular complexity index is 559. The lowest BCUT2D eigenvalue weighted by atomic mass is 10.2. The average Bonchev–Trinajstić information content (AvgIpc) is 2.42. The Morgan fingerprint density at radius 3 is 2.50 bits per heavy atom. The van der Waals surface area contributed by atoms with E-state index >= 15 is 0 Å². The largest absolute Gasteiger partial charge is 0.380 e. The van der Waals surface area contributed by atoms with E-state index in [0.29, 0.717) is 26.3 Å². The van der Waals surface area contributed by atoms with Crippen LogP contribution in [0, 0.1) is 0 Å². The van der Waals surface area contributed by atoms with Crippen LogP contribution in [0.15, 0.2) is 29.2 Å². The third-order valence-electron chi connectivity index (χ3n) is 2.76. The van der Waals surface area contributed by atoms with Gasteiger partial charge in [-0.25, -0.2) is 8.42 Å². The van der Waals surface area contributed by atoms with Crippen LogP contribution in [0.1, 0.15) is 24.2 Å². The van der Waals surface area contributed by atoms with Crippen molar-refractivity contribution in [1.29, 1.82) is 0 Å². The molecule has 0 heterocycles. The summed E-state index contributed by atoms with van der Waals surface area (Å²) in [6.07, 6.45) is 0. The van der Waals surface area contributed by atoms with E-state index in [2.05, 4.69) is 0 Å². The Kier molecular flexibility index (Phi) is 6.45. The zero-order valence-electron chi connectivity index (χ0n) is 11.5. The summed E-state index contributed by atoms with van der Waals surface area (Å²) in [5.41, 5.74) is 0.0841. The highest BCUT2D eigenvalue weighted by molar-refractivity contribution is 8.13. The molecule has 5 nitrogen and oxygen atoms in total. The first-order chi connectivity index (χ1) is 9.41. The summed E-state index contributed by atoms with van der Waals surface area (Å²) in [6, 6.07) is 5.92. The van der Waals surface area contributed by atoms with E-state index in [-0.39, 0.29) is 16.4 Å². The van der Waals surface area contributed by atoms with Gasteiger partial charge in [-0.3, -0.25) is 4.79 Å². The second-order valence-corrected chi connectivity index (χ2v) is 6.55. The van der Waals surface area contributed by atoms with Gasteiger partial charge in [0.1, 0.15) is 0 Å². The number of halogens is 1. The highest BCUT2D eigenvalue weighted by atomic mass is 35.7. The van der Waals surface area contributed by atoms with Crippen LogP contribution in [-0.2, 0) is 13.8 Å². The second-order valence-electron chi connectivity index (χ2n) is 4.02. The fraction of sp³-hybridized carbons (Fsp3) is 0.462. The molecule has 0 saturated heterocycles. The average molecular weight is 320 g/mol. The van der Waals surface area contributed by atoms with Crippen molar-refractivity contribution in [2.45, 2.75) is 18.7 Å². The van der Waals surface area contributed by atoms with Crippen LogP contribution >= 0.6 is 10.7 Å². The molecule has 0 aromatic heterocycles. The quantitative estimate of drug-likeness (QED) is 0.570. The predicted octanol–water partition coefficient (Wildman–Crippen LogP) is 2.11. The number of nitrogens with zero attached hydrogens (tertiary/aromatic N) is 1. The molecule has 7 heteroatoms. The summed E-state index contributed by atoms with van der Waals surface area (Å²) >= 11 is 0. The van der Waals surface area contributed by atoms with Crippen LogP contribution in [-0.4, -0.2) is 45.5 Å². The van der Waals surface area contributed by atoms with Crippen LogP contribution in [0.4, 0.5) is 0 Å². The molecule has 0 unspecified atom stereocenters. The molecular weight excluding hydrogens is 302 g/mol. The molecule has 1 aromatic carbocycles. The zero-order valence-corrected chi connectivity index (χ0v) is 13.1. The summed E-state index contributed by atoms with van der Waals surface area (Å²) in [5, 5.41) is 0. The lowest BCUT2D eigenvalue weighted by Gasteiger charge is -2.21. The number of amides is 1. The van der Waals surface area contributed by atoms with Crippen LogP contribution in [0.2, 0.25) is 0 Å². The maximum Gasteiger partial charge on any atom is 0.262 e. The Morgan fingerprint density at radius 1 is 1.30 bits per heavy atom. The van der Waals surface area contributed by atoms with E-state index < -0.39 is 9.05 Å². The van der Waals surface area contributed by atoms with Crippen LogP contribution in [0.25, 0.3) is 0 Å². The van der Waals surface area contributed by atoms with E-state index in [4.69, 9.17) is 15.4 Å². The third-order valence-corrected chi connectivity index (χ3v) is 4.14.